The van der Waals surface area contributed by atoms with Crippen LogP contribution >= 0.6 is 40.0 Å². The molecule has 0 amide bonds. The Hall–Kier alpha value is 0.120. The first-order valence-electron chi connectivity index (χ1n) is 4.95. The van der Waals surface area contributed by atoms with Crippen molar-refractivity contribution in [1.29, 1.82) is 0 Å². The summed E-state index contributed by atoms with van der Waals surface area (Å²) in [4.78, 5) is 8.79. The van der Waals surface area contributed by atoms with E-state index in [1.54, 1.807) is 25.1 Å². The molecule has 1 heterocycles. The number of imidazole rings is 1. The summed E-state index contributed by atoms with van der Waals surface area (Å²) >= 11 is 2.31. The number of hydrogen-bond donors (Lipinski definition) is 1. The van der Waals surface area contributed by atoms with E-state index in [1.807, 2.05) is 0 Å². The van der Waals surface area contributed by atoms with Crippen molar-refractivity contribution in [3.05, 3.63) is 24.0 Å². The molecule has 0 saturated heterocycles. The van der Waals surface area contributed by atoms with Gasteiger partial charge in [0.2, 0.25) is 0 Å². The Kier molecular flexibility index (Phi) is 3.75. The number of rotatable bonds is 2. The minimum absolute atomic E-state index is 0.161. The lowest BCUT2D eigenvalue weighted by atomic mass is 9.87. The van der Waals surface area contributed by atoms with Crippen molar-refractivity contribution >= 4 is 51.0 Å². The molecule has 0 unspecified atom stereocenters. The van der Waals surface area contributed by atoms with E-state index in [0.717, 1.165) is 11.0 Å². The maximum absolute atomic E-state index is 4.30. The van der Waals surface area contributed by atoms with Gasteiger partial charge in [-0.05, 0) is 41.9 Å². The molecular weight excluding hydrogens is 351 g/mol. The van der Waals surface area contributed by atoms with Gasteiger partial charge in [0.15, 0.2) is 0 Å². The normalized spacial score (nSPS) is 12.2. The van der Waals surface area contributed by atoms with Crippen molar-refractivity contribution in [1.82, 2.24) is 9.97 Å². The van der Waals surface area contributed by atoms with Crippen LogP contribution < -0.4 is 0 Å². The summed E-state index contributed by atoms with van der Waals surface area (Å²) < 4.78 is 0. The first-order valence-corrected chi connectivity index (χ1v) is 9.64. The summed E-state index contributed by atoms with van der Waals surface area (Å²) in [7, 11) is 3.54. The fraction of sp³-hybridized carbons (Fsp3) is 0.364. The van der Waals surface area contributed by atoms with Crippen molar-refractivity contribution in [2.75, 3.05) is 0 Å². The fourth-order valence-electron chi connectivity index (χ4n) is 1.65. The van der Waals surface area contributed by atoms with Crippen LogP contribution in [-0.4, -0.2) is 9.97 Å². The van der Waals surface area contributed by atoms with E-state index in [1.165, 1.54) is 10.5 Å². The maximum atomic E-state index is 4.30. The lowest BCUT2D eigenvalue weighted by Crippen LogP contribution is -2.12. The van der Waals surface area contributed by atoms with Gasteiger partial charge >= 0.3 is 0 Å². The second-order valence-corrected chi connectivity index (χ2v) is 9.51. The molecule has 0 aliphatic carbocycles. The molecule has 0 saturated carbocycles. The summed E-state index contributed by atoms with van der Waals surface area (Å²) in [5.74, 6) is 0. The van der Waals surface area contributed by atoms with Crippen LogP contribution in [-0.2, 0) is 5.41 Å². The third-order valence-corrected chi connectivity index (χ3v) is 5.38. The summed E-state index contributed by atoms with van der Waals surface area (Å²) in [6.07, 6.45) is 1.75. The summed E-state index contributed by atoms with van der Waals surface area (Å²) in [6, 6.07) is 4.39. The monoisotopic (exact) mass is 364 g/mol. The number of halogens is 1. The number of fused-ring (bicyclic) bond motifs is 1. The zero-order valence-electron chi connectivity index (χ0n) is 9.37. The summed E-state index contributed by atoms with van der Waals surface area (Å²) in [5.41, 5.74) is 3.70. The molecule has 2 aromatic rings. The molecule has 0 atom stereocenters. The third kappa shape index (κ3) is 2.51. The van der Waals surface area contributed by atoms with Crippen molar-refractivity contribution in [2.45, 2.75) is 31.1 Å². The Bertz CT molecular complexity index is 502. The van der Waals surface area contributed by atoms with Crippen LogP contribution in [0.4, 0.5) is 0 Å². The van der Waals surface area contributed by atoms with E-state index in [4.69, 9.17) is 0 Å². The zero-order chi connectivity index (χ0) is 11.8. The summed E-state index contributed by atoms with van der Waals surface area (Å²) in [5, 5.41) is 0. The van der Waals surface area contributed by atoms with Gasteiger partial charge in [-0.3, -0.25) is 0 Å². The second kappa shape index (κ2) is 4.78. The first kappa shape index (κ1) is 12.6. The Balaban J connectivity index is 2.62. The van der Waals surface area contributed by atoms with Gasteiger partial charge in [0.1, 0.15) is 0 Å². The highest BCUT2D eigenvalue weighted by molar-refractivity contribution is 14.2. The van der Waals surface area contributed by atoms with Gasteiger partial charge in [-0.2, -0.15) is 0 Å². The average Bonchev–Trinajstić information content (AvgIpc) is 2.62. The molecule has 0 radical (unpaired) electrons. The smallest absolute Gasteiger partial charge is 0.0931 e. The first-order chi connectivity index (χ1) is 7.52. The van der Waals surface area contributed by atoms with Crippen LogP contribution in [0.25, 0.3) is 11.0 Å². The van der Waals surface area contributed by atoms with Crippen LogP contribution in [0, 0.1) is 0 Å². The molecule has 1 N–H and O–H groups in total. The van der Waals surface area contributed by atoms with Gasteiger partial charge in [0, 0.05) is 26.1 Å². The van der Waals surface area contributed by atoms with E-state index in [9.17, 15) is 0 Å². The molecule has 0 fully saturated rings. The summed E-state index contributed by atoms with van der Waals surface area (Å²) in [6.45, 7) is 6.73. The Morgan fingerprint density at radius 1 is 1.31 bits per heavy atom. The van der Waals surface area contributed by atoms with Crippen LogP contribution in [0.1, 0.15) is 26.3 Å². The van der Waals surface area contributed by atoms with Crippen LogP contribution in [0.2, 0.25) is 0 Å². The molecule has 16 heavy (non-hydrogen) atoms. The fourth-order valence-corrected chi connectivity index (χ4v) is 4.69. The molecule has 86 valence electrons. The van der Waals surface area contributed by atoms with Gasteiger partial charge in [-0.1, -0.05) is 20.8 Å². The lowest BCUT2D eigenvalue weighted by Gasteiger charge is -2.22. The van der Waals surface area contributed by atoms with Crippen molar-refractivity contribution < 1.29 is 0 Å². The molecule has 2 rings (SSSR count). The Morgan fingerprint density at radius 3 is 2.69 bits per heavy atom. The number of aromatic amines is 1. The van der Waals surface area contributed by atoms with Crippen molar-refractivity contribution in [2.24, 2.45) is 0 Å². The van der Waals surface area contributed by atoms with Gasteiger partial charge in [0.25, 0.3) is 0 Å². The molecule has 1 aromatic heterocycles. The molecule has 0 spiro atoms. The van der Waals surface area contributed by atoms with Gasteiger partial charge in [-0.25, -0.2) is 4.98 Å². The lowest BCUT2D eigenvalue weighted by molar-refractivity contribution is 0.579. The highest BCUT2D eigenvalue weighted by Crippen LogP contribution is 2.42. The number of nitrogens with zero attached hydrogens (tertiary/aromatic N) is 1. The predicted octanol–water partition coefficient (Wildman–Crippen LogP) is 4.95. The SMILES string of the molecule is CC(C)(C)c1cc2[nH]cnc2cc1SSI. The van der Waals surface area contributed by atoms with Crippen molar-refractivity contribution in [3.63, 3.8) is 0 Å². The van der Waals surface area contributed by atoms with E-state index in [0.29, 0.717) is 0 Å². The predicted molar refractivity (Wildman–Crippen MR) is 82.3 cm³/mol. The number of benzene rings is 1. The number of H-pyrrole nitrogens is 1. The molecule has 0 aliphatic rings. The number of aromatic nitrogens is 2. The van der Waals surface area contributed by atoms with Gasteiger partial charge in [0.05, 0.1) is 17.4 Å². The molecular formula is C11H13IN2S2. The maximum Gasteiger partial charge on any atom is 0.0931 e. The number of nitrogens with one attached hydrogen (secondary N) is 1. The second-order valence-electron chi connectivity index (χ2n) is 4.66. The molecule has 0 bridgehead atoms. The quantitative estimate of drug-likeness (QED) is 0.604. The van der Waals surface area contributed by atoms with E-state index < -0.39 is 0 Å². The van der Waals surface area contributed by atoms with E-state index >= 15 is 0 Å². The largest absolute Gasteiger partial charge is 0.345 e. The molecule has 0 aliphatic heterocycles. The highest BCUT2D eigenvalue weighted by Gasteiger charge is 2.19. The van der Waals surface area contributed by atoms with Crippen molar-refractivity contribution in [3.8, 4) is 0 Å². The standard InChI is InChI=1S/C11H13IN2S2/c1-11(2,3)7-4-8-9(14-6-13-8)5-10(7)15-16-12/h4-6H,1-3H3,(H,13,14). The van der Waals surface area contributed by atoms with Gasteiger partial charge in [-0.15, -0.1) is 0 Å². The zero-order valence-corrected chi connectivity index (χ0v) is 13.2. The van der Waals surface area contributed by atoms with Crippen LogP contribution in [0.15, 0.2) is 23.4 Å². The minimum Gasteiger partial charge on any atom is -0.345 e. The van der Waals surface area contributed by atoms with Crippen LogP contribution in [0.3, 0.4) is 0 Å². The Labute approximate surface area is 115 Å². The average molecular weight is 364 g/mol. The molecule has 5 heteroatoms. The van der Waals surface area contributed by atoms with E-state index in [2.05, 4.69) is 64.1 Å². The van der Waals surface area contributed by atoms with E-state index in [-0.39, 0.29) is 5.41 Å². The molecule has 1 aromatic carbocycles. The van der Waals surface area contributed by atoms with Crippen LogP contribution in [0.5, 0.6) is 0 Å². The third-order valence-electron chi connectivity index (χ3n) is 2.45. The highest BCUT2D eigenvalue weighted by atomic mass is 127. The Morgan fingerprint density at radius 2 is 2.06 bits per heavy atom. The molecule has 2 nitrogen and oxygen atoms in total. The number of hydrogen-bond acceptors (Lipinski definition) is 3. The topological polar surface area (TPSA) is 28.7 Å². The van der Waals surface area contributed by atoms with Gasteiger partial charge < -0.3 is 4.98 Å². The minimum atomic E-state index is 0.161.